The molecule has 1 fully saturated rings. The summed E-state index contributed by atoms with van der Waals surface area (Å²) in [5, 5.41) is 3.41. The molecule has 1 aromatic carbocycles. The van der Waals surface area contributed by atoms with Crippen molar-refractivity contribution in [3.63, 3.8) is 0 Å². The van der Waals surface area contributed by atoms with Crippen molar-refractivity contribution in [3.05, 3.63) is 41.2 Å². The number of nitrogens with one attached hydrogen (secondary N) is 1. The Hall–Kier alpha value is -1.90. The Morgan fingerprint density at radius 3 is 2.71 bits per heavy atom. The van der Waals surface area contributed by atoms with Gasteiger partial charge in [0.1, 0.15) is 11.6 Å². The lowest BCUT2D eigenvalue weighted by Crippen LogP contribution is -2.06. The molecule has 0 aliphatic heterocycles. The highest BCUT2D eigenvalue weighted by Gasteiger charge is 2.27. The van der Waals surface area contributed by atoms with Crippen LogP contribution >= 0.6 is 0 Å². The van der Waals surface area contributed by atoms with Gasteiger partial charge in [0.25, 0.3) is 0 Å². The Morgan fingerprint density at radius 2 is 2.00 bits per heavy atom. The highest BCUT2D eigenvalue weighted by Crippen LogP contribution is 2.39. The van der Waals surface area contributed by atoms with Gasteiger partial charge in [-0.2, -0.15) is 0 Å². The van der Waals surface area contributed by atoms with Crippen molar-refractivity contribution in [3.8, 4) is 11.3 Å². The number of hydrogen-bond donors (Lipinski definition) is 1. The summed E-state index contributed by atoms with van der Waals surface area (Å²) in [5.41, 5.74) is 4.88. The van der Waals surface area contributed by atoms with E-state index >= 15 is 0 Å². The maximum absolute atomic E-state index is 4.82. The minimum Gasteiger partial charge on any atom is -0.370 e. The third-order valence-corrected chi connectivity index (χ3v) is 4.12. The van der Waals surface area contributed by atoms with Gasteiger partial charge in [-0.25, -0.2) is 9.97 Å². The Labute approximate surface area is 126 Å². The van der Waals surface area contributed by atoms with E-state index in [0.717, 1.165) is 30.3 Å². The van der Waals surface area contributed by atoms with Gasteiger partial charge in [-0.3, -0.25) is 0 Å². The molecule has 0 bridgehead atoms. The average Bonchev–Trinajstić information content (AvgIpc) is 3.32. The van der Waals surface area contributed by atoms with Crippen molar-refractivity contribution in [2.75, 3.05) is 11.9 Å². The molecule has 0 unspecified atom stereocenters. The van der Waals surface area contributed by atoms with Gasteiger partial charge in [0.05, 0.1) is 5.69 Å². The Morgan fingerprint density at radius 1 is 1.19 bits per heavy atom. The van der Waals surface area contributed by atoms with Gasteiger partial charge in [-0.1, -0.05) is 25.1 Å². The fourth-order valence-corrected chi connectivity index (χ4v) is 2.50. The Bertz CT molecular complexity index is 645. The van der Waals surface area contributed by atoms with E-state index in [2.05, 4.69) is 55.3 Å². The van der Waals surface area contributed by atoms with E-state index < -0.39 is 0 Å². The molecular formula is C18H23N3. The minimum atomic E-state index is 0.567. The first-order chi connectivity index (χ1) is 10.2. The SMILES string of the molecule is CCCNc1cc(-c2cccc(C)c2C)nc(C2CC2)n1. The molecule has 1 N–H and O–H groups in total. The number of rotatable bonds is 5. The van der Waals surface area contributed by atoms with Crippen LogP contribution in [0.15, 0.2) is 24.3 Å². The van der Waals surface area contributed by atoms with Gasteiger partial charge >= 0.3 is 0 Å². The van der Waals surface area contributed by atoms with Crippen molar-refractivity contribution in [2.24, 2.45) is 0 Å². The van der Waals surface area contributed by atoms with Crippen LogP contribution < -0.4 is 5.32 Å². The molecule has 2 aromatic rings. The summed E-state index contributed by atoms with van der Waals surface area (Å²) in [6.07, 6.45) is 3.55. The zero-order valence-electron chi connectivity index (χ0n) is 13.1. The van der Waals surface area contributed by atoms with Crippen LogP contribution in [0.2, 0.25) is 0 Å². The van der Waals surface area contributed by atoms with Crippen LogP contribution in [0, 0.1) is 13.8 Å². The normalized spacial score (nSPS) is 14.2. The fraction of sp³-hybridized carbons (Fsp3) is 0.444. The summed E-state index contributed by atoms with van der Waals surface area (Å²) in [4.78, 5) is 9.51. The van der Waals surface area contributed by atoms with Gasteiger partial charge in [0.2, 0.25) is 0 Å². The van der Waals surface area contributed by atoms with E-state index in [-0.39, 0.29) is 0 Å². The van der Waals surface area contributed by atoms with E-state index in [1.807, 2.05) is 0 Å². The summed E-state index contributed by atoms with van der Waals surface area (Å²) in [5.74, 6) is 2.54. The quantitative estimate of drug-likeness (QED) is 0.879. The zero-order chi connectivity index (χ0) is 14.8. The van der Waals surface area contributed by atoms with Crippen LogP contribution in [0.5, 0.6) is 0 Å². The number of anilines is 1. The van der Waals surface area contributed by atoms with Gasteiger partial charge in [-0.05, 0) is 44.2 Å². The van der Waals surface area contributed by atoms with Gasteiger partial charge in [-0.15, -0.1) is 0 Å². The van der Waals surface area contributed by atoms with Crippen LogP contribution in [0.4, 0.5) is 5.82 Å². The van der Waals surface area contributed by atoms with Crippen LogP contribution in [-0.4, -0.2) is 16.5 Å². The van der Waals surface area contributed by atoms with Crippen molar-refractivity contribution in [1.29, 1.82) is 0 Å². The van der Waals surface area contributed by atoms with E-state index in [1.165, 1.54) is 29.5 Å². The molecule has 3 heteroatoms. The highest BCUT2D eigenvalue weighted by molar-refractivity contribution is 5.67. The van der Waals surface area contributed by atoms with Gasteiger partial charge in [0.15, 0.2) is 0 Å². The van der Waals surface area contributed by atoms with Crippen molar-refractivity contribution >= 4 is 5.82 Å². The summed E-state index contributed by atoms with van der Waals surface area (Å²) < 4.78 is 0. The molecule has 0 atom stereocenters. The molecule has 1 aliphatic rings. The molecular weight excluding hydrogens is 258 g/mol. The van der Waals surface area contributed by atoms with Crippen LogP contribution in [0.25, 0.3) is 11.3 Å². The van der Waals surface area contributed by atoms with Crippen LogP contribution in [0.1, 0.15) is 49.1 Å². The highest BCUT2D eigenvalue weighted by atomic mass is 15.0. The molecule has 0 amide bonds. The standard InChI is InChI=1S/C18H23N3/c1-4-10-19-17-11-16(20-18(21-17)14-8-9-14)15-7-5-6-12(2)13(15)3/h5-7,11,14H,4,8-10H2,1-3H3,(H,19,20,21). The third-order valence-electron chi connectivity index (χ3n) is 4.12. The Kier molecular flexibility index (Phi) is 3.91. The van der Waals surface area contributed by atoms with Crippen molar-refractivity contribution < 1.29 is 0 Å². The first-order valence-corrected chi connectivity index (χ1v) is 7.88. The molecule has 110 valence electrons. The van der Waals surface area contributed by atoms with Crippen molar-refractivity contribution in [2.45, 2.75) is 46.0 Å². The predicted octanol–water partition coefficient (Wildman–Crippen LogP) is 4.46. The summed E-state index contributed by atoms with van der Waals surface area (Å²) in [6, 6.07) is 8.50. The number of hydrogen-bond acceptors (Lipinski definition) is 3. The molecule has 3 rings (SSSR count). The second-order valence-electron chi connectivity index (χ2n) is 5.95. The number of nitrogens with zero attached hydrogens (tertiary/aromatic N) is 2. The molecule has 1 aliphatic carbocycles. The lowest BCUT2D eigenvalue weighted by molar-refractivity contribution is 0.910. The smallest absolute Gasteiger partial charge is 0.134 e. The third kappa shape index (κ3) is 3.07. The number of benzene rings is 1. The number of aryl methyl sites for hydroxylation is 1. The van der Waals surface area contributed by atoms with E-state index in [4.69, 9.17) is 4.98 Å². The van der Waals surface area contributed by atoms with Gasteiger partial charge < -0.3 is 5.32 Å². The second-order valence-corrected chi connectivity index (χ2v) is 5.95. The van der Waals surface area contributed by atoms with E-state index in [0.29, 0.717) is 5.92 Å². The molecule has 0 saturated heterocycles. The summed E-state index contributed by atoms with van der Waals surface area (Å²) in [7, 11) is 0. The molecule has 21 heavy (non-hydrogen) atoms. The first kappa shape index (κ1) is 14.1. The minimum absolute atomic E-state index is 0.567. The van der Waals surface area contributed by atoms with Crippen LogP contribution in [0.3, 0.4) is 0 Å². The zero-order valence-corrected chi connectivity index (χ0v) is 13.1. The maximum atomic E-state index is 4.82. The summed E-state index contributed by atoms with van der Waals surface area (Å²) in [6.45, 7) is 7.44. The molecule has 1 heterocycles. The van der Waals surface area contributed by atoms with Crippen LogP contribution in [-0.2, 0) is 0 Å². The monoisotopic (exact) mass is 281 g/mol. The lowest BCUT2D eigenvalue weighted by atomic mass is 10.0. The van der Waals surface area contributed by atoms with Crippen molar-refractivity contribution in [1.82, 2.24) is 9.97 Å². The average molecular weight is 281 g/mol. The largest absolute Gasteiger partial charge is 0.370 e. The second kappa shape index (κ2) is 5.84. The lowest BCUT2D eigenvalue weighted by Gasteiger charge is -2.12. The topological polar surface area (TPSA) is 37.8 Å². The molecule has 0 spiro atoms. The van der Waals surface area contributed by atoms with E-state index in [9.17, 15) is 0 Å². The molecule has 3 nitrogen and oxygen atoms in total. The first-order valence-electron chi connectivity index (χ1n) is 7.88. The van der Waals surface area contributed by atoms with E-state index in [1.54, 1.807) is 0 Å². The number of aromatic nitrogens is 2. The van der Waals surface area contributed by atoms with Gasteiger partial charge in [0, 0.05) is 24.1 Å². The molecule has 0 radical (unpaired) electrons. The fourth-order valence-electron chi connectivity index (χ4n) is 2.50. The predicted molar refractivity (Wildman–Crippen MR) is 87.7 cm³/mol. The molecule has 1 saturated carbocycles. The summed E-state index contributed by atoms with van der Waals surface area (Å²) >= 11 is 0. The maximum Gasteiger partial charge on any atom is 0.134 e. The molecule has 1 aromatic heterocycles. The Balaban J connectivity index is 2.03.